The van der Waals surface area contributed by atoms with Crippen LogP contribution in [0.4, 0.5) is 0 Å². The Balaban J connectivity index is 1.90. The second kappa shape index (κ2) is 7.87. The van der Waals surface area contributed by atoms with E-state index in [2.05, 4.69) is 5.32 Å². The predicted molar refractivity (Wildman–Crippen MR) is 74.7 cm³/mol. The molecule has 20 heavy (non-hydrogen) atoms. The smallest absolute Gasteiger partial charge is 0.246 e. The minimum Gasteiger partial charge on any atom is -0.493 e. The van der Waals surface area contributed by atoms with Crippen LogP contribution in [0.2, 0.25) is 0 Å². The first kappa shape index (κ1) is 14.8. The van der Waals surface area contributed by atoms with Crippen LogP contribution in [0, 0.1) is 0 Å². The lowest BCUT2D eigenvalue weighted by molar-refractivity contribution is -0.126. The molecule has 0 aliphatic carbocycles. The van der Waals surface area contributed by atoms with Crippen molar-refractivity contribution >= 4 is 5.91 Å². The summed E-state index contributed by atoms with van der Waals surface area (Å²) in [5.41, 5.74) is 1.04. The third-order valence-corrected chi connectivity index (χ3v) is 3.19. The summed E-state index contributed by atoms with van der Waals surface area (Å²) in [6.07, 6.45) is 1.80. The maximum atomic E-state index is 11.9. The third-order valence-electron chi connectivity index (χ3n) is 3.19. The molecule has 0 saturated heterocycles. The lowest BCUT2D eigenvalue weighted by atomic mass is 10.0. The molecule has 5 heteroatoms. The van der Waals surface area contributed by atoms with Crippen molar-refractivity contribution in [1.82, 2.24) is 5.32 Å². The van der Waals surface area contributed by atoms with Gasteiger partial charge in [0, 0.05) is 12.7 Å². The van der Waals surface area contributed by atoms with Crippen LogP contribution in [-0.2, 0) is 14.3 Å². The fourth-order valence-corrected chi connectivity index (χ4v) is 2.22. The fourth-order valence-electron chi connectivity index (χ4n) is 2.22. The van der Waals surface area contributed by atoms with Gasteiger partial charge in [-0.1, -0.05) is 18.2 Å². The zero-order valence-electron chi connectivity index (χ0n) is 11.8. The standard InChI is InChI=1S/C15H21NO4/c1-18-9-10-19-11-15(17)16-13-6-4-8-20-14-7-3-2-5-12(13)14/h2-3,5,7,13H,4,6,8-11H2,1H3,(H,16,17). The first-order chi connectivity index (χ1) is 9.81. The number of rotatable bonds is 6. The van der Waals surface area contributed by atoms with Gasteiger partial charge in [-0.25, -0.2) is 0 Å². The molecule has 1 aromatic rings. The number of carbonyl (C=O) groups is 1. The fraction of sp³-hybridized carbons (Fsp3) is 0.533. The van der Waals surface area contributed by atoms with E-state index in [1.165, 1.54) is 0 Å². The molecule has 2 rings (SSSR count). The highest BCUT2D eigenvalue weighted by Crippen LogP contribution is 2.30. The van der Waals surface area contributed by atoms with Gasteiger partial charge in [0.05, 0.1) is 25.9 Å². The molecule has 1 unspecified atom stereocenters. The first-order valence-corrected chi connectivity index (χ1v) is 6.89. The normalized spacial score (nSPS) is 17.8. The molecule has 1 heterocycles. The molecule has 0 bridgehead atoms. The van der Waals surface area contributed by atoms with Gasteiger partial charge in [0.2, 0.25) is 5.91 Å². The number of benzene rings is 1. The van der Waals surface area contributed by atoms with E-state index in [1.807, 2.05) is 24.3 Å². The molecule has 1 amide bonds. The van der Waals surface area contributed by atoms with E-state index in [1.54, 1.807) is 7.11 Å². The van der Waals surface area contributed by atoms with Crippen molar-refractivity contribution in [3.05, 3.63) is 29.8 Å². The Bertz CT molecular complexity index is 436. The number of hydrogen-bond donors (Lipinski definition) is 1. The second-order valence-electron chi connectivity index (χ2n) is 4.69. The number of ether oxygens (including phenoxy) is 3. The van der Waals surface area contributed by atoms with Gasteiger partial charge in [-0.2, -0.15) is 0 Å². The van der Waals surface area contributed by atoms with Crippen molar-refractivity contribution < 1.29 is 19.0 Å². The molecule has 0 saturated carbocycles. The Morgan fingerprint density at radius 2 is 2.25 bits per heavy atom. The van der Waals surface area contributed by atoms with E-state index < -0.39 is 0 Å². The van der Waals surface area contributed by atoms with Crippen molar-refractivity contribution in [2.75, 3.05) is 33.5 Å². The third kappa shape index (κ3) is 4.21. The van der Waals surface area contributed by atoms with Crippen LogP contribution in [0.25, 0.3) is 0 Å². The first-order valence-electron chi connectivity index (χ1n) is 6.89. The van der Waals surface area contributed by atoms with Gasteiger partial charge in [-0.3, -0.25) is 4.79 Å². The number of methoxy groups -OCH3 is 1. The number of carbonyl (C=O) groups excluding carboxylic acids is 1. The van der Waals surface area contributed by atoms with Crippen LogP contribution in [0.1, 0.15) is 24.4 Å². The highest BCUT2D eigenvalue weighted by molar-refractivity contribution is 5.77. The summed E-state index contributed by atoms with van der Waals surface area (Å²) in [6, 6.07) is 7.83. The highest BCUT2D eigenvalue weighted by atomic mass is 16.5. The van der Waals surface area contributed by atoms with Gasteiger partial charge >= 0.3 is 0 Å². The van der Waals surface area contributed by atoms with Crippen molar-refractivity contribution in [3.8, 4) is 5.75 Å². The molecular weight excluding hydrogens is 258 g/mol. The molecule has 1 atom stereocenters. The number of amides is 1. The van der Waals surface area contributed by atoms with Gasteiger partial charge in [-0.15, -0.1) is 0 Å². The van der Waals surface area contributed by atoms with Gasteiger partial charge in [-0.05, 0) is 18.9 Å². The van der Waals surface area contributed by atoms with E-state index in [0.717, 1.165) is 24.2 Å². The van der Waals surface area contributed by atoms with Gasteiger partial charge in [0.1, 0.15) is 12.4 Å². The molecule has 0 radical (unpaired) electrons. The van der Waals surface area contributed by atoms with Gasteiger partial charge in [0.15, 0.2) is 0 Å². The van der Waals surface area contributed by atoms with Crippen molar-refractivity contribution in [1.29, 1.82) is 0 Å². The maximum Gasteiger partial charge on any atom is 0.246 e. The summed E-state index contributed by atoms with van der Waals surface area (Å²) >= 11 is 0. The van der Waals surface area contributed by atoms with Crippen LogP contribution in [0.3, 0.4) is 0 Å². The lowest BCUT2D eigenvalue weighted by Crippen LogP contribution is -2.32. The molecule has 0 aromatic heterocycles. The van der Waals surface area contributed by atoms with Gasteiger partial charge in [0.25, 0.3) is 0 Å². The van der Waals surface area contributed by atoms with E-state index in [9.17, 15) is 4.79 Å². The Hall–Kier alpha value is -1.59. The number of hydrogen-bond acceptors (Lipinski definition) is 4. The van der Waals surface area contributed by atoms with Crippen LogP contribution < -0.4 is 10.1 Å². The average Bonchev–Trinajstić information content (AvgIpc) is 2.67. The SMILES string of the molecule is COCCOCC(=O)NC1CCCOc2ccccc21. The molecule has 110 valence electrons. The molecule has 1 aliphatic rings. The summed E-state index contributed by atoms with van der Waals surface area (Å²) in [7, 11) is 1.60. The van der Waals surface area contributed by atoms with Crippen LogP contribution in [0.15, 0.2) is 24.3 Å². The molecule has 0 fully saturated rings. The van der Waals surface area contributed by atoms with Crippen LogP contribution in [-0.4, -0.2) is 39.4 Å². The predicted octanol–water partition coefficient (Wildman–Crippen LogP) is 1.68. The Morgan fingerprint density at radius 1 is 1.40 bits per heavy atom. The minimum atomic E-state index is -0.109. The van der Waals surface area contributed by atoms with Crippen LogP contribution in [0.5, 0.6) is 5.75 Å². The second-order valence-corrected chi connectivity index (χ2v) is 4.69. The summed E-state index contributed by atoms with van der Waals surface area (Å²) in [4.78, 5) is 11.9. The topological polar surface area (TPSA) is 56.8 Å². The van der Waals surface area contributed by atoms with Crippen molar-refractivity contribution in [2.24, 2.45) is 0 Å². The maximum absolute atomic E-state index is 11.9. The summed E-state index contributed by atoms with van der Waals surface area (Å²) < 4.78 is 15.8. The van der Waals surface area contributed by atoms with E-state index in [-0.39, 0.29) is 18.6 Å². The number of nitrogens with one attached hydrogen (secondary N) is 1. The number of fused-ring (bicyclic) bond motifs is 1. The lowest BCUT2D eigenvalue weighted by Gasteiger charge is -2.18. The number of para-hydroxylation sites is 1. The molecule has 1 aliphatic heterocycles. The average molecular weight is 279 g/mol. The monoisotopic (exact) mass is 279 g/mol. The molecular formula is C15H21NO4. The van der Waals surface area contributed by atoms with Crippen LogP contribution >= 0.6 is 0 Å². The summed E-state index contributed by atoms with van der Waals surface area (Å²) in [6.45, 7) is 1.66. The molecule has 1 N–H and O–H groups in total. The van der Waals surface area contributed by atoms with E-state index in [4.69, 9.17) is 14.2 Å². The molecule has 1 aromatic carbocycles. The zero-order valence-corrected chi connectivity index (χ0v) is 11.8. The van der Waals surface area contributed by atoms with E-state index in [0.29, 0.717) is 19.8 Å². The summed E-state index contributed by atoms with van der Waals surface area (Å²) in [5, 5.41) is 3.01. The zero-order chi connectivity index (χ0) is 14.2. The molecule has 0 spiro atoms. The summed E-state index contributed by atoms with van der Waals surface area (Å²) in [5.74, 6) is 0.749. The quantitative estimate of drug-likeness (QED) is 0.805. The Morgan fingerprint density at radius 3 is 3.10 bits per heavy atom. The largest absolute Gasteiger partial charge is 0.493 e. The van der Waals surface area contributed by atoms with Gasteiger partial charge < -0.3 is 19.5 Å². The molecule has 5 nitrogen and oxygen atoms in total. The van der Waals surface area contributed by atoms with Crippen molar-refractivity contribution in [3.63, 3.8) is 0 Å². The Labute approximate surface area is 119 Å². The highest BCUT2D eigenvalue weighted by Gasteiger charge is 2.20. The van der Waals surface area contributed by atoms with Crippen molar-refractivity contribution in [2.45, 2.75) is 18.9 Å². The minimum absolute atomic E-state index is 0.00720. The Kier molecular flexibility index (Phi) is 5.83. The van der Waals surface area contributed by atoms with E-state index >= 15 is 0 Å².